The Balaban J connectivity index is 2.58. The van der Waals surface area contributed by atoms with E-state index < -0.39 is 0 Å². The van der Waals surface area contributed by atoms with Crippen LogP contribution in [0.2, 0.25) is 0 Å². The zero-order valence-corrected chi connectivity index (χ0v) is 8.66. The van der Waals surface area contributed by atoms with Crippen molar-refractivity contribution in [3.63, 3.8) is 0 Å². The summed E-state index contributed by atoms with van der Waals surface area (Å²) in [6, 6.07) is 3.97. The lowest BCUT2D eigenvalue weighted by atomic mass is 10.5. The molecule has 3 N–H and O–H groups in total. The number of rotatable bonds is 5. The van der Waals surface area contributed by atoms with Crippen LogP contribution in [-0.2, 0) is 6.54 Å². The molecule has 0 aromatic carbocycles. The first-order chi connectivity index (χ1) is 7.30. The van der Waals surface area contributed by atoms with Crippen LogP contribution in [0.25, 0.3) is 0 Å². The topological polar surface area (TPSA) is 115 Å². The monoisotopic (exact) mass is 223 g/mol. The van der Waals surface area contributed by atoms with Crippen LogP contribution >= 0.6 is 11.3 Å². The Morgan fingerprint density at radius 1 is 1.33 bits per heavy atom. The Kier molecular flexibility index (Phi) is 4.44. The Morgan fingerprint density at radius 3 is 2.47 bits per heavy atom. The molecule has 0 unspecified atom stereocenters. The van der Waals surface area contributed by atoms with Gasteiger partial charge >= 0.3 is 0 Å². The van der Waals surface area contributed by atoms with Gasteiger partial charge in [0, 0.05) is 0 Å². The average molecular weight is 223 g/mol. The van der Waals surface area contributed by atoms with Crippen molar-refractivity contribution in [1.82, 2.24) is 15.1 Å². The number of nitrogens with two attached hydrogens (primary N) is 1. The van der Waals surface area contributed by atoms with E-state index in [0.717, 1.165) is 0 Å². The summed E-state index contributed by atoms with van der Waals surface area (Å²) in [5.41, 5.74) is 2.38. The van der Waals surface area contributed by atoms with Crippen molar-refractivity contribution < 1.29 is 0 Å². The van der Waals surface area contributed by atoms with E-state index in [9.17, 15) is 0 Å². The lowest BCUT2D eigenvalue weighted by molar-refractivity contribution is 0.333. The number of nitrogen functional groups attached to an aromatic ring is 1. The lowest BCUT2D eigenvalue weighted by Gasteiger charge is -2.11. The van der Waals surface area contributed by atoms with Gasteiger partial charge in [0.1, 0.15) is 5.01 Å². The molecule has 1 aromatic rings. The molecule has 0 aliphatic rings. The molecule has 0 amide bonds. The van der Waals surface area contributed by atoms with E-state index in [1.165, 1.54) is 11.3 Å². The highest BCUT2D eigenvalue weighted by atomic mass is 32.1. The van der Waals surface area contributed by atoms with E-state index in [2.05, 4.69) is 15.6 Å². The maximum atomic E-state index is 8.53. The molecule has 0 saturated carbocycles. The number of hydrogen-bond acceptors (Lipinski definition) is 8. The third-order valence-corrected chi connectivity index (χ3v) is 2.38. The molecule has 0 spiro atoms. The fourth-order valence-electron chi connectivity index (χ4n) is 0.935. The largest absolute Gasteiger partial charge is 0.298 e. The fraction of sp³-hybridized carbons (Fsp3) is 0.429. The highest BCUT2D eigenvalue weighted by Crippen LogP contribution is 2.15. The van der Waals surface area contributed by atoms with Gasteiger partial charge in [-0.15, -0.1) is 10.2 Å². The molecule has 0 saturated heterocycles. The van der Waals surface area contributed by atoms with E-state index in [1.807, 2.05) is 12.1 Å². The van der Waals surface area contributed by atoms with Gasteiger partial charge in [-0.3, -0.25) is 10.3 Å². The Bertz CT molecular complexity index is 371. The molecule has 1 rings (SSSR count). The van der Waals surface area contributed by atoms with Crippen molar-refractivity contribution in [2.45, 2.75) is 6.54 Å². The lowest BCUT2D eigenvalue weighted by Crippen LogP contribution is -2.23. The summed E-state index contributed by atoms with van der Waals surface area (Å²) in [5, 5.41) is 25.9. The van der Waals surface area contributed by atoms with Crippen molar-refractivity contribution in [3.8, 4) is 12.1 Å². The van der Waals surface area contributed by atoms with Crippen molar-refractivity contribution in [1.29, 1.82) is 10.5 Å². The molecule has 0 fully saturated rings. The molecule has 0 atom stereocenters. The molecule has 8 heteroatoms. The normalized spacial score (nSPS) is 9.60. The molecule has 0 bridgehead atoms. The van der Waals surface area contributed by atoms with Gasteiger partial charge in [-0.05, 0) is 0 Å². The number of aromatic nitrogens is 2. The maximum absolute atomic E-state index is 8.53. The van der Waals surface area contributed by atoms with Crippen LogP contribution in [0.3, 0.4) is 0 Å². The zero-order valence-electron chi connectivity index (χ0n) is 7.84. The van der Waals surface area contributed by atoms with Crippen molar-refractivity contribution in [3.05, 3.63) is 5.01 Å². The maximum Gasteiger partial charge on any atom is 0.219 e. The van der Waals surface area contributed by atoms with Crippen LogP contribution in [0.4, 0.5) is 5.13 Å². The first-order valence-corrected chi connectivity index (χ1v) is 4.87. The molecule has 0 aliphatic heterocycles. The second-order valence-corrected chi connectivity index (χ2v) is 3.67. The van der Waals surface area contributed by atoms with Gasteiger partial charge in [-0.2, -0.15) is 10.5 Å². The number of hydrazine groups is 1. The molecule has 0 aliphatic carbocycles. The summed E-state index contributed by atoms with van der Waals surface area (Å²) in [4.78, 5) is 1.67. The summed E-state index contributed by atoms with van der Waals surface area (Å²) in [6.45, 7) is 0.817. The smallest absolute Gasteiger partial charge is 0.219 e. The summed E-state index contributed by atoms with van der Waals surface area (Å²) < 4.78 is 0. The third-order valence-electron chi connectivity index (χ3n) is 1.54. The number of nitrogens with one attached hydrogen (secondary N) is 1. The Hall–Kier alpha value is -1.74. The SMILES string of the molecule is N#CCN(CC#N)Cc1nnc(NN)s1. The summed E-state index contributed by atoms with van der Waals surface area (Å²) in [7, 11) is 0. The van der Waals surface area contributed by atoms with Gasteiger partial charge < -0.3 is 0 Å². The molecule has 1 aromatic heterocycles. The number of hydrogen-bond donors (Lipinski definition) is 2. The summed E-state index contributed by atoms with van der Waals surface area (Å²) in [6.07, 6.45) is 0. The van der Waals surface area contributed by atoms with Crippen LogP contribution in [0.1, 0.15) is 5.01 Å². The first kappa shape index (κ1) is 11.3. The van der Waals surface area contributed by atoms with Crippen LogP contribution in [-0.4, -0.2) is 28.2 Å². The molecule has 1 heterocycles. The van der Waals surface area contributed by atoms with E-state index >= 15 is 0 Å². The van der Waals surface area contributed by atoms with Gasteiger partial charge in [0.15, 0.2) is 0 Å². The van der Waals surface area contributed by atoms with Crippen molar-refractivity contribution in [2.24, 2.45) is 5.84 Å². The van der Waals surface area contributed by atoms with Crippen LogP contribution in [0, 0.1) is 22.7 Å². The molecule has 15 heavy (non-hydrogen) atoms. The molecular formula is C7H9N7S. The first-order valence-electron chi connectivity index (χ1n) is 4.05. The minimum absolute atomic E-state index is 0.193. The minimum Gasteiger partial charge on any atom is -0.298 e. The van der Waals surface area contributed by atoms with E-state index in [0.29, 0.717) is 16.7 Å². The number of nitriles is 2. The third kappa shape index (κ3) is 3.48. The van der Waals surface area contributed by atoms with Crippen LogP contribution in [0.5, 0.6) is 0 Å². The Morgan fingerprint density at radius 2 is 2.00 bits per heavy atom. The number of nitrogens with zero attached hydrogens (tertiary/aromatic N) is 5. The average Bonchev–Trinajstić information content (AvgIpc) is 2.66. The quantitative estimate of drug-likeness (QED) is 0.399. The predicted octanol–water partition coefficient (Wildman–Crippen LogP) is -0.327. The fourth-order valence-corrected chi connectivity index (χ4v) is 1.63. The van der Waals surface area contributed by atoms with Gasteiger partial charge in [0.2, 0.25) is 5.13 Å². The molecular weight excluding hydrogens is 214 g/mol. The van der Waals surface area contributed by atoms with E-state index in [-0.39, 0.29) is 13.1 Å². The van der Waals surface area contributed by atoms with Crippen molar-refractivity contribution >= 4 is 16.5 Å². The van der Waals surface area contributed by atoms with E-state index in [1.54, 1.807) is 4.90 Å². The summed E-state index contributed by atoms with van der Waals surface area (Å²) >= 11 is 1.29. The zero-order chi connectivity index (χ0) is 11.1. The standard InChI is InChI=1S/C7H9N7S/c8-1-3-14(4-2-9)5-6-12-13-7(11-10)15-6/h3-5,10H2,(H,11,13). The molecule has 78 valence electrons. The molecule has 0 radical (unpaired) electrons. The highest BCUT2D eigenvalue weighted by molar-refractivity contribution is 7.15. The highest BCUT2D eigenvalue weighted by Gasteiger charge is 2.09. The van der Waals surface area contributed by atoms with Crippen LogP contribution in [0.15, 0.2) is 0 Å². The van der Waals surface area contributed by atoms with Gasteiger partial charge in [-0.25, -0.2) is 5.84 Å². The van der Waals surface area contributed by atoms with Gasteiger partial charge in [0.25, 0.3) is 0 Å². The molecule has 7 nitrogen and oxygen atoms in total. The second-order valence-electron chi connectivity index (χ2n) is 2.61. The number of anilines is 1. The van der Waals surface area contributed by atoms with Gasteiger partial charge in [0.05, 0.1) is 31.8 Å². The Labute approximate surface area is 90.7 Å². The summed E-state index contributed by atoms with van der Waals surface area (Å²) in [5.74, 6) is 5.15. The predicted molar refractivity (Wildman–Crippen MR) is 54.2 cm³/mol. The minimum atomic E-state index is 0.193. The van der Waals surface area contributed by atoms with E-state index in [4.69, 9.17) is 16.4 Å². The van der Waals surface area contributed by atoms with Crippen LogP contribution < -0.4 is 11.3 Å². The van der Waals surface area contributed by atoms with Crippen molar-refractivity contribution in [2.75, 3.05) is 18.5 Å². The van der Waals surface area contributed by atoms with Gasteiger partial charge in [-0.1, -0.05) is 11.3 Å². The second kappa shape index (κ2) is 5.88.